The van der Waals surface area contributed by atoms with Crippen LogP contribution in [-0.4, -0.2) is 56.7 Å². The monoisotopic (exact) mass is 666 g/mol. The summed E-state index contributed by atoms with van der Waals surface area (Å²) in [5, 5.41) is 1.51. The molecule has 2 aromatic heterocycles. The number of carbonyl (C=O) groups is 3. The summed E-state index contributed by atoms with van der Waals surface area (Å²) >= 11 is 0. The van der Waals surface area contributed by atoms with Crippen molar-refractivity contribution in [2.45, 2.75) is 55.5 Å². The van der Waals surface area contributed by atoms with E-state index in [2.05, 4.69) is 19.9 Å². The van der Waals surface area contributed by atoms with Crippen LogP contribution in [0.1, 0.15) is 69.2 Å². The molecule has 2 aliphatic rings. The standard InChI is InChI=1S/C18H15F4N3O2.C16H16FN3O/c19-13-3-1-2-12(6-13)17(4-5-17)7-15-23-8-11(9-24-15)14(26)10-25-16(27)18(20,21)22;17-13-3-1-2-12(6-13)16(4-5-16)7-15-19-9-11(10-20-15)14(21)8-18/h1-3,6,8-9H,4-5,7,10H2,(H,25,27);1-3,6,9-10H,4-5,7-8,18H2. The van der Waals surface area contributed by atoms with Crippen molar-refractivity contribution in [3.05, 3.63) is 119 Å². The average Bonchev–Trinajstić information content (AvgIpc) is 4.01. The Kier molecular flexibility index (Phi) is 10.0. The summed E-state index contributed by atoms with van der Waals surface area (Å²) in [4.78, 5) is 50.7. The quantitative estimate of drug-likeness (QED) is 0.172. The third-order valence-corrected chi connectivity index (χ3v) is 8.48. The molecular weight excluding hydrogens is 635 g/mol. The second-order valence-corrected chi connectivity index (χ2v) is 11.9. The number of Topliss-reactive ketones (excluding diaryl/α,β-unsaturated/α-hetero) is 2. The summed E-state index contributed by atoms with van der Waals surface area (Å²) < 4.78 is 63.1. The van der Waals surface area contributed by atoms with Gasteiger partial charge in [-0.05, 0) is 61.1 Å². The molecule has 3 N–H and O–H groups in total. The van der Waals surface area contributed by atoms with Gasteiger partial charge in [-0.2, -0.15) is 13.2 Å². The number of halogens is 5. The van der Waals surface area contributed by atoms with E-state index in [1.165, 1.54) is 48.3 Å². The largest absolute Gasteiger partial charge is 0.471 e. The van der Waals surface area contributed by atoms with Crippen LogP contribution in [0.2, 0.25) is 0 Å². The molecule has 4 aromatic rings. The molecule has 14 heteroatoms. The number of rotatable bonds is 11. The maximum Gasteiger partial charge on any atom is 0.471 e. The molecule has 2 fully saturated rings. The molecule has 250 valence electrons. The molecular formula is C34H31F5N6O3. The first-order chi connectivity index (χ1) is 22.8. The van der Waals surface area contributed by atoms with Crippen LogP contribution in [0.5, 0.6) is 0 Å². The van der Waals surface area contributed by atoms with E-state index in [0.717, 1.165) is 36.8 Å². The summed E-state index contributed by atoms with van der Waals surface area (Å²) in [5.74, 6) is -2.50. The van der Waals surface area contributed by atoms with Crippen LogP contribution >= 0.6 is 0 Å². The van der Waals surface area contributed by atoms with E-state index in [1.807, 2.05) is 12.1 Å². The SMILES string of the molecule is NCC(=O)c1cnc(CC2(c3cccc(F)c3)CC2)nc1.O=C(CNC(=O)C(F)(F)F)c1cnc(CC2(c3cccc(F)c3)CC2)nc1. The summed E-state index contributed by atoms with van der Waals surface area (Å²) in [6.45, 7) is -0.843. The van der Waals surface area contributed by atoms with Crippen molar-refractivity contribution >= 4 is 17.5 Å². The normalized spacial score (nSPS) is 15.5. The minimum atomic E-state index is -5.05. The number of carbonyl (C=O) groups excluding carboxylic acids is 3. The molecule has 9 nitrogen and oxygen atoms in total. The van der Waals surface area contributed by atoms with Crippen molar-refractivity contribution in [2.75, 3.05) is 13.1 Å². The number of benzene rings is 2. The van der Waals surface area contributed by atoms with Gasteiger partial charge >= 0.3 is 12.1 Å². The Hall–Kier alpha value is -4.98. The fourth-order valence-electron chi connectivity index (χ4n) is 5.34. The summed E-state index contributed by atoms with van der Waals surface area (Å²) in [6, 6.07) is 13.0. The van der Waals surface area contributed by atoms with Gasteiger partial charge in [0.05, 0.1) is 24.2 Å². The number of aromatic nitrogens is 4. The third-order valence-electron chi connectivity index (χ3n) is 8.48. The highest BCUT2D eigenvalue weighted by Gasteiger charge is 2.46. The fraction of sp³-hybridized carbons (Fsp3) is 0.324. The third kappa shape index (κ3) is 8.48. The highest BCUT2D eigenvalue weighted by Crippen LogP contribution is 2.51. The first-order valence-corrected chi connectivity index (χ1v) is 15.1. The predicted octanol–water partition coefficient (Wildman–Crippen LogP) is 4.78. The molecule has 0 bridgehead atoms. The van der Waals surface area contributed by atoms with Crippen molar-refractivity contribution in [3.8, 4) is 0 Å². The van der Waals surface area contributed by atoms with Gasteiger partial charge in [-0.1, -0.05) is 24.3 Å². The molecule has 48 heavy (non-hydrogen) atoms. The van der Waals surface area contributed by atoms with E-state index in [9.17, 15) is 36.3 Å². The Bertz CT molecular complexity index is 1790. The molecule has 6 rings (SSSR count). The zero-order valence-corrected chi connectivity index (χ0v) is 25.6. The Labute approximate surface area is 272 Å². The van der Waals surface area contributed by atoms with Gasteiger partial charge in [0, 0.05) is 48.5 Å². The molecule has 0 spiro atoms. The summed E-state index contributed by atoms with van der Waals surface area (Å²) in [6.07, 6.45) is 5.27. The molecule has 0 saturated heterocycles. The Balaban J connectivity index is 0.000000194. The van der Waals surface area contributed by atoms with Crippen molar-refractivity contribution in [1.29, 1.82) is 0 Å². The predicted molar refractivity (Wildman–Crippen MR) is 163 cm³/mol. The maximum absolute atomic E-state index is 13.4. The molecule has 0 radical (unpaired) electrons. The number of nitrogens with one attached hydrogen (secondary N) is 1. The minimum Gasteiger partial charge on any atom is -0.341 e. The highest BCUT2D eigenvalue weighted by atomic mass is 19.4. The topological polar surface area (TPSA) is 141 Å². The number of hydrogen-bond acceptors (Lipinski definition) is 8. The zero-order chi connectivity index (χ0) is 34.5. The van der Waals surface area contributed by atoms with Gasteiger partial charge in [-0.3, -0.25) is 14.4 Å². The van der Waals surface area contributed by atoms with Crippen LogP contribution in [0.3, 0.4) is 0 Å². The zero-order valence-electron chi connectivity index (χ0n) is 25.6. The molecule has 2 saturated carbocycles. The average molecular weight is 667 g/mol. The van der Waals surface area contributed by atoms with Crippen LogP contribution in [0.4, 0.5) is 22.0 Å². The number of nitrogens with two attached hydrogens (primary N) is 1. The van der Waals surface area contributed by atoms with Crippen molar-refractivity contribution in [3.63, 3.8) is 0 Å². The van der Waals surface area contributed by atoms with Gasteiger partial charge in [-0.15, -0.1) is 0 Å². The lowest BCUT2D eigenvalue weighted by molar-refractivity contribution is -0.173. The molecule has 2 heterocycles. The summed E-state index contributed by atoms with van der Waals surface area (Å²) in [5.41, 5.74) is 7.30. The molecule has 0 aliphatic heterocycles. The van der Waals surface area contributed by atoms with E-state index < -0.39 is 24.4 Å². The van der Waals surface area contributed by atoms with E-state index >= 15 is 0 Å². The van der Waals surface area contributed by atoms with Gasteiger partial charge in [0.1, 0.15) is 23.3 Å². The van der Waals surface area contributed by atoms with Crippen LogP contribution in [0.15, 0.2) is 73.3 Å². The van der Waals surface area contributed by atoms with E-state index in [1.54, 1.807) is 18.2 Å². The second-order valence-electron chi connectivity index (χ2n) is 11.9. The molecule has 2 aliphatic carbocycles. The molecule has 2 aromatic carbocycles. The first-order valence-electron chi connectivity index (χ1n) is 15.1. The number of amides is 1. The first kappa shape index (κ1) is 34.4. The minimum absolute atomic E-state index is 0.00294. The smallest absolute Gasteiger partial charge is 0.341 e. The van der Waals surface area contributed by atoms with Crippen LogP contribution in [0.25, 0.3) is 0 Å². The van der Waals surface area contributed by atoms with Crippen molar-refractivity contribution in [2.24, 2.45) is 5.73 Å². The van der Waals surface area contributed by atoms with Gasteiger partial charge in [0.25, 0.3) is 0 Å². The Morgan fingerprint density at radius 2 is 1.12 bits per heavy atom. The van der Waals surface area contributed by atoms with E-state index in [0.29, 0.717) is 30.1 Å². The van der Waals surface area contributed by atoms with Crippen molar-refractivity contribution in [1.82, 2.24) is 25.3 Å². The molecule has 0 unspecified atom stereocenters. The Morgan fingerprint density at radius 1 is 0.708 bits per heavy atom. The van der Waals surface area contributed by atoms with Gasteiger partial charge in [0.2, 0.25) is 0 Å². The molecule has 0 atom stereocenters. The van der Waals surface area contributed by atoms with Crippen LogP contribution in [-0.2, 0) is 28.5 Å². The van der Waals surface area contributed by atoms with E-state index in [-0.39, 0.29) is 40.4 Å². The van der Waals surface area contributed by atoms with E-state index in [4.69, 9.17) is 5.73 Å². The fourth-order valence-corrected chi connectivity index (χ4v) is 5.34. The van der Waals surface area contributed by atoms with Gasteiger partial charge in [0.15, 0.2) is 11.6 Å². The molecule has 1 amide bonds. The van der Waals surface area contributed by atoms with Gasteiger partial charge in [-0.25, -0.2) is 28.7 Å². The number of ketones is 2. The Morgan fingerprint density at radius 3 is 1.48 bits per heavy atom. The number of nitrogens with zero attached hydrogens (tertiary/aromatic N) is 4. The lowest BCUT2D eigenvalue weighted by Gasteiger charge is -2.15. The lowest BCUT2D eigenvalue weighted by Crippen LogP contribution is -2.39. The van der Waals surface area contributed by atoms with Crippen molar-refractivity contribution < 1.29 is 36.3 Å². The van der Waals surface area contributed by atoms with Crippen LogP contribution in [0, 0.1) is 11.6 Å². The lowest BCUT2D eigenvalue weighted by atomic mass is 9.92. The van der Waals surface area contributed by atoms with Crippen LogP contribution < -0.4 is 11.1 Å². The van der Waals surface area contributed by atoms with Gasteiger partial charge < -0.3 is 11.1 Å². The summed E-state index contributed by atoms with van der Waals surface area (Å²) in [7, 11) is 0. The highest BCUT2D eigenvalue weighted by molar-refractivity contribution is 5.99. The number of hydrogen-bond donors (Lipinski definition) is 2. The maximum atomic E-state index is 13.4. The second kappa shape index (κ2) is 14.0. The number of alkyl halides is 3.